The molecule has 2 aromatic carbocycles. The second-order valence-electron chi connectivity index (χ2n) is 6.59. The highest BCUT2D eigenvalue weighted by atomic mass is 19.1. The maximum atomic E-state index is 13.5. The lowest BCUT2D eigenvalue weighted by Crippen LogP contribution is -2.39. The summed E-state index contributed by atoms with van der Waals surface area (Å²) in [5.74, 6) is -1.86. The monoisotopic (exact) mass is 370 g/mol. The fourth-order valence-corrected chi connectivity index (χ4v) is 2.86. The predicted octanol–water partition coefficient (Wildman–Crippen LogP) is 3.09. The summed E-state index contributed by atoms with van der Waals surface area (Å²) < 4.78 is 13.5. The van der Waals surface area contributed by atoms with Crippen LogP contribution in [0, 0.1) is 19.7 Å². The van der Waals surface area contributed by atoms with Gasteiger partial charge >= 0.3 is 0 Å². The first-order valence-corrected chi connectivity index (χ1v) is 8.61. The number of aryl methyl sites for hydroxylation is 2. The van der Waals surface area contributed by atoms with Gasteiger partial charge in [0.15, 0.2) is 5.78 Å². The molecule has 2 aromatic rings. The minimum Gasteiger partial charge on any atom is -0.368 e. The van der Waals surface area contributed by atoms with Crippen LogP contribution in [0.1, 0.15) is 45.9 Å². The average molecular weight is 370 g/mol. The Labute approximate surface area is 158 Å². The summed E-state index contributed by atoms with van der Waals surface area (Å²) in [6, 6.07) is 9.69. The number of benzene rings is 2. The Morgan fingerprint density at radius 3 is 2.33 bits per heavy atom. The molecular weight excluding hydrogens is 347 g/mol. The normalized spacial score (nSPS) is 11.7. The zero-order valence-corrected chi connectivity index (χ0v) is 15.7. The summed E-state index contributed by atoms with van der Waals surface area (Å²) in [5.41, 5.74) is 8.34. The number of Topliss-reactive ketones (excluding diaryl/α,β-unsaturated/α-hetero) is 1. The number of halogens is 1. The van der Waals surface area contributed by atoms with Crippen LogP contribution in [0.4, 0.5) is 4.39 Å². The smallest absolute Gasteiger partial charge is 0.244 e. The van der Waals surface area contributed by atoms with Crippen molar-refractivity contribution in [1.29, 1.82) is 0 Å². The van der Waals surface area contributed by atoms with Crippen molar-refractivity contribution >= 4 is 17.6 Å². The molecule has 0 spiro atoms. The lowest BCUT2D eigenvalue weighted by Gasteiger charge is -2.26. The number of rotatable bonds is 7. The molecule has 0 aliphatic heterocycles. The number of hydrogen-bond acceptors (Lipinski definition) is 3. The van der Waals surface area contributed by atoms with Crippen molar-refractivity contribution in [2.45, 2.75) is 32.7 Å². The van der Waals surface area contributed by atoms with Crippen LogP contribution in [0.3, 0.4) is 0 Å². The highest BCUT2D eigenvalue weighted by Crippen LogP contribution is 2.21. The minimum atomic E-state index is -1.09. The third kappa shape index (κ3) is 5.00. The Bertz CT molecular complexity index is 879. The second-order valence-corrected chi connectivity index (χ2v) is 6.59. The first kappa shape index (κ1) is 20.3. The van der Waals surface area contributed by atoms with Crippen molar-refractivity contribution in [3.8, 4) is 0 Å². The number of primary amides is 1. The number of likely N-dealkylation sites (N-methyl/N-ethyl adjacent to an activating group) is 1. The number of hydrogen-bond donors (Lipinski definition) is 1. The molecule has 0 bridgehead atoms. The summed E-state index contributed by atoms with van der Waals surface area (Å²) in [6.07, 6.45) is -0.0539. The van der Waals surface area contributed by atoms with Gasteiger partial charge in [-0.2, -0.15) is 0 Å². The lowest BCUT2D eigenvalue weighted by molar-refractivity contribution is -0.138. The topological polar surface area (TPSA) is 80.5 Å². The van der Waals surface area contributed by atoms with Crippen molar-refractivity contribution in [2.75, 3.05) is 7.05 Å². The number of ketones is 1. The van der Waals surface area contributed by atoms with Gasteiger partial charge in [-0.1, -0.05) is 24.3 Å². The van der Waals surface area contributed by atoms with Gasteiger partial charge in [-0.05, 0) is 48.7 Å². The summed E-state index contributed by atoms with van der Waals surface area (Å²) in [7, 11) is 1.42. The Hall–Kier alpha value is -3.02. The van der Waals surface area contributed by atoms with E-state index in [0.717, 1.165) is 16.0 Å². The van der Waals surface area contributed by atoms with Crippen LogP contribution in [-0.4, -0.2) is 29.5 Å². The zero-order chi connectivity index (χ0) is 20.1. The fourth-order valence-electron chi connectivity index (χ4n) is 2.86. The summed E-state index contributed by atoms with van der Waals surface area (Å²) >= 11 is 0. The maximum Gasteiger partial charge on any atom is 0.244 e. The van der Waals surface area contributed by atoms with E-state index in [2.05, 4.69) is 0 Å². The molecule has 2 N–H and O–H groups in total. The third-order valence-corrected chi connectivity index (χ3v) is 4.61. The van der Waals surface area contributed by atoms with E-state index in [1.165, 1.54) is 31.3 Å². The lowest BCUT2D eigenvalue weighted by atomic mass is 10.0. The molecule has 0 aliphatic carbocycles. The average Bonchev–Trinajstić information content (AvgIpc) is 2.61. The molecule has 0 saturated heterocycles. The number of carbonyl (C=O) groups excluding carboxylic acids is 3. The van der Waals surface area contributed by atoms with Gasteiger partial charge in [0.05, 0.1) is 0 Å². The van der Waals surface area contributed by atoms with E-state index in [1.807, 2.05) is 19.9 Å². The molecule has 0 heterocycles. The molecule has 2 rings (SSSR count). The van der Waals surface area contributed by atoms with Crippen molar-refractivity contribution in [2.24, 2.45) is 5.73 Å². The van der Waals surface area contributed by atoms with E-state index in [4.69, 9.17) is 5.73 Å². The maximum absolute atomic E-state index is 13.5. The van der Waals surface area contributed by atoms with E-state index < -0.39 is 23.7 Å². The quantitative estimate of drug-likeness (QED) is 0.761. The summed E-state index contributed by atoms with van der Waals surface area (Å²) in [6.45, 7) is 3.87. The fraction of sp³-hybridized carbons (Fsp3) is 0.286. The first-order chi connectivity index (χ1) is 12.7. The highest BCUT2D eigenvalue weighted by molar-refractivity contribution is 5.98. The molecular formula is C21H23FN2O3. The largest absolute Gasteiger partial charge is 0.368 e. The standard InChI is InChI=1S/C21H23FN2O3/c1-13-7-8-15(11-14(13)2)18(25)9-10-19(26)24(3)20(21(23)27)16-5-4-6-17(22)12-16/h4-8,11-12,20H,9-10H2,1-3H3,(H2,23,27). The van der Waals surface area contributed by atoms with E-state index in [9.17, 15) is 18.8 Å². The second kappa shape index (κ2) is 8.58. The number of carbonyl (C=O) groups is 3. The Balaban J connectivity index is 2.07. The molecule has 142 valence electrons. The highest BCUT2D eigenvalue weighted by Gasteiger charge is 2.27. The molecule has 0 fully saturated rings. The van der Waals surface area contributed by atoms with Gasteiger partial charge in [-0.25, -0.2) is 4.39 Å². The number of nitrogens with zero attached hydrogens (tertiary/aromatic N) is 1. The minimum absolute atomic E-state index is 0.0142. The number of nitrogens with two attached hydrogens (primary N) is 1. The molecule has 0 radical (unpaired) electrons. The third-order valence-electron chi connectivity index (χ3n) is 4.61. The van der Waals surface area contributed by atoms with Crippen molar-refractivity contribution in [3.05, 3.63) is 70.5 Å². The van der Waals surface area contributed by atoms with E-state index in [-0.39, 0.29) is 18.6 Å². The summed E-state index contributed by atoms with van der Waals surface area (Å²) in [5, 5.41) is 0. The van der Waals surface area contributed by atoms with Crippen LogP contribution in [-0.2, 0) is 9.59 Å². The van der Waals surface area contributed by atoms with E-state index >= 15 is 0 Å². The van der Waals surface area contributed by atoms with Crippen LogP contribution in [0.15, 0.2) is 42.5 Å². The van der Waals surface area contributed by atoms with E-state index in [1.54, 1.807) is 12.1 Å². The molecule has 2 amide bonds. The zero-order valence-electron chi connectivity index (χ0n) is 15.7. The Kier molecular flexibility index (Phi) is 6.45. The van der Waals surface area contributed by atoms with Crippen LogP contribution >= 0.6 is 0 Å². The first-order valence-electron chi connectivity index (χ1n) is 8.61. The van der Waals surface area contributed by atoms with Crippen molar-refractivity contribution in [1.82, 2.24) is 4.90 Å². The van der Waals surface area contributed by atoms with Gasteiger partial charge in [0, 0.05) is 25.5 Å². The Morgan fingerprint density at radius 1 is 1.04 bits per heavy atom. The molecule has 1 unspecified atom stereocenters. The molecule has 27 heavy (non-hydrogen) atoms. The van der Waals surface area contributed by atoms with Gasteiger partial charge in [0.25, 0.3) is 0 Å². The van der Waals surface area contributed by atoms with Crippen LogP contribution in [0.2, 0.25) is 0 Å². The molecule has 0 saturated carbocycles. The van der Waals surface area contributed by atoms with Gasteiger partial charge < -0.3 is 10.6 Å². The molecule has 0 aromatic heterocycles. The van der Waals surface area contributed by atoms with Gasteiger partial charge in [0.1, 0.15) is 11.9 Å². The van der Waals surface area contributed by atoms with Gasteiger partial charge in [0.2, 0.25) is 11.8 Å². The molecule has 5 nitrogen and oxygen atoms in total. The summed E-state index contributed by atoms with van der Waals surface area (Å²) in [4.78, 5) is 37.8. The van der Waals surface area contributed by atoms with E-state index in [0.29, 0.717) is 11.1 Å². The number of amides is 2. The van der Waals surface area contributed by atoms with Crippen molar-refractivity contribution < 1.29 is 18.8 Å². The molecule has 0 aliphatic rings. The van der Waals surface area contributed by atoms with Crippen LogP contribution < -0.4 is 5.73 Å². The SMILES string of the molecule is Cc1ccc(C(=O)CCC(=O)N(C)C(C(N)=O)c2cccc(F)c2)cc1C. The van der Waals surface area contributed by atoms with Gasteiger partial charge in [-0.15, -0.1) is 0 Å². The van der Waals surface area contributed by atoms with Crippen LogP contribution in [0.5, 0.6) is 0 Å². The molecule has 6 heteroatoms. The van der Waals surface area contributed by atoms with Crippen molar-refractivity contribution in [3.63, 3.8) is 0 Å². The molecule has 1 atom stereocenters. The van der Waals surface area contributed by atoms with Crippen LogP contribution in [0.25, 0.3) is 0 Å². The predicted molar refractivity (Wildman–Crippen MR) is 101 cm³/mol. The Morgan fingerprint density at radius 2 is 1.74 bits per heavy atom. The van der Waals surface area contributed by atoms with Gasteiger partial charge in [-0.3, -0.25) is 14.4 Å².